The Morgan fingerprint density at radius 2 is 1.94 bits per heavy atom. The van der Waals surface area contributed by atoms with Gasteiger partial charge < -0.3 is 5.11 Å². The molecule has 16 heavy (non-hydrogen) atoms. The van der Waals surface area contributed by atoms with Gasteiger partial charge in [-0.1, -0.05) is 37.3 Å². The monoisotopic (exact) mass is 220 g/mol. The molecule has 0 aliphatic rings. The van der Waals surface area contributed by atoms with Crippen molar-refractivity contribution in [2.24, 2.45) is 0 Å². The summed E-state index contributed by atoms with van der Waals surface area (Å²) in [7, 11) is 0. The Kier molecular flexibility index (Phi) is 4.69. The third-order valence-corrected chi connectivity index (χ3v) is 2.96. The molecule has 2 nitrogen and oxygen atoms in total. The largest absolute Gasteiger partial charge is 0.389 e. The molecule has 1 aromatic carbocycles. The highest BCUT2D eigenvalue weighted by atomic mass is 16.3. The van der Waals surface area contributed by atoms with Gasteiger partial charge in [0.05, 0.1) is 5.60 Å². The predicted molar refractivity (Wildman–Crippen MR) is 65.3 cm³/mol. The van der Waals surface area contributed by atoms with E-state index in [0.717, 1.165) is 6.42 Å². The van der Waals surface area contributed by atoms with Gasteiger partial charge in [-0.15, -0.1) is 0 Å². The fourth-order valence-electron chi connectivity index (χ4n) is 1.88. The summed E-state index contributed by atoms with van der Waals surface area (Å²) in [6, 6.07) is 10.1. The first kappa shape index (κ1) is 12.9. The van der Waals surface area contributed by atoms with Crippen molar-refractivity contribution in [3.8, 4) is 0 Å². The Balaban J connectivity index is 2.54. The third-order valence-electron chi connectivity index (χ3n) is 2.96. The molecule has 0 aromatic heterocycles. The molecule has 0 aliphatic heterocycles. The number of Topliss-reactive ketones (excluding diaryl/α,β-unsaturated/α-hetero) is 1. The van der Waals surface area contributed by atoms with E-state index in [-0.39, 0.29) is 12.2 Å². The second kappa shape index (κ2) is 5.80. The zero-order valence-corrected chi connectivity index (χ0v) is 10.1. The molecular formula is C14H20O2. The number of hydrogen-bond donors (Lipinski definition) is 1. The number of benzene rings is 1. The lowest BCUT2D eigenvalue weighted by atomic mass is 9.88. The molecule has 0 saturated heterocycles. The van der Waals surface area contributed by atoms with Crippen LogP contribution in [0.3, 0.4) is 0 Å². The number of carbonyl (C=O) groups excluding carboxylic acids is 1. The van der Waals surface area contributed by atoms with Crippen molar-refractivity contribution in [2.75, 3.05) is 0 Å². The lowest BCUT2D eigenvalue weighted by Gasteiger charge is -2.25. The number of ketones is 1. The molecule has 1 N–H and O–H groups in total. The Bertz CT molecular complexity index is 332. The minimum atomic E-state index is -0.832. The molecule has 0 fully saturated rings. The Hall–Kier alpha value is -1.15. The van der Waals surface area contributed by atoms with Crippen LogP contribution in [0, 0.1) is 0 Å². The number of aliphatic hydroxyl groups is 1. The highest BCUT2D eigenvalue weighted by molar-refractivity contribution is 5.76. The summed E-state index contributed by atoms with van der Waals surface area (Å²) in [5.74, 6) is 0.0532. The summed E-state index contributed by atoms with van der Waals surface area (Å²) in [4.78, 5) is 11.1. The van der Waals surface area contributed by atoms with Crippen molar-refractivity contribution >= 4 is 5.78 Å². The molecule has 1 unspecified atom stereocenters. The van der Waals surface area contributed by atoms with Gasteiger partial charge in [-0.2, -0.15) is 0 Å². The zero-order valence-electron chi connectivity index (χ0n) is 10.1. The van der Waals surface area contributed by atoms with Crippen LogP contribution in [-0.2, 0) is 11.2 Å². The van der Waals surface area contributed by atoms with E-state index in [1.165, 1.54) is 12.5 Å². The average Bonchev–Trinajstić information content (AvgIpc) is 2.27. The average molecular weight is 220 g/mol. The first-order chi connectivity index (χ1) is 7.56. The van der Waals surface area contributed by atoms with Crippen molar-refractivity contribution in [2.45, 2.75) is 45.1 Å². The molecule has 2 heteroatoms. The van der Waals surface area contributed by atoms with Crippen LogP contribution in [0.1, 0.15) is 38.7 Å². The quantitative estimate of drug-likeness (QED) is 0.800. The number of carbonyl (C=O) groups is 1. The van der Waals surface area contributed by atoms with Gasteiger partial charge in [0.2, 0.25) is 0 Å². The van der Waals surface area contributed by atoms with Crippen molar-refractivity contribution < 1.29 is 9.90 Å². The van der Waals surface area contributed by atoms with Gasteiger partial charge in [-0.3, -0.25) is 4.79 Å². The molecule has 0 spiro atoms. The number of rotatable bonds is 6. The Morgan fingerprint density at radius 1 is 1.31 bits per heavy atom. The highest BCUT2D eigenvalue weighted by Crippen LogP contribution is 2.22. The third kappa shape index (κ3) is 4.15. The van der Waals surface area contributed by atoms with Gasteiger partial charge in [-0.25, -0.2) is 0 Å². The van der Waals surface area contributed by atoms with Crippen LogP contribution in [0.15, 0.2) is 30.3 Å². The van der Waals surface area contributed by atoms with Gasteiger partial charge in [0.25, 0.3) is 0 Å². The van der Waals surface area contributed by atoms with E-state index < -0.39 is 5.60 Å². The van der Waals surface area contributed by atoms with Crippen molar-refractivity contribution in [1.29, 1.82) is 0 Å². The first-order valence-electron chi connectivity index (χ1n) is 5.81. The van der Waals surface area contributed by atoms with Crippen molar-refractivity contribution in [3.63, 3.8) is 0 Å². The van der Waals surface area contributed by atoms with Gasteiger partial charge >= 0.3 is 0 Å². The van der Waals surface area contributed by atoms with E-state index >= 15 is 0 Å². The number of aryl methyl sites for hydroxylation is 1. The maximum atomic E-state index is 11.1. The Morgan fingerprint density at radius 3 is 2.44 bits per heavy atom. The zero-order chi connectivity index (χ0) is 12.0. The highest BCUT2D eigenvalue weighted by Gasteiger charge is 2.25. The maximum absolute atomic E-state index is 11.1. The lowest BCUT2D eigenvalue weighted by molar-refractivity contribution is -0.122. The molecule has 0 saturated carbocycles. The molecule has 0 aliphatic carbocycles. The van der Waals surface area contributed by atoms with Crippen LogP contribution in [0.2, 0.25) is 0 Å². The van der Waals surface area contributed by atoms with Gasteiger partial charge in [0.15, 0.2) is 0 Å². The smallest absolute Gasteiger partial charge is 0.132 e. The van der Waals surface area contributed by atoms with E-state index in [1.54, 1.807) is 0 Å². The molecular weight excluding hydrogens is 200 g/mol. The van der Waals surface area contributed by atoms with E-state index in [4.69, 9.17) is 0 Å². The SMILES string of the molecule is CCC(O)(CCc1ccccc1)CC(C)=O. The molecule has 1 aromatic rings. The van der Waals surface area contributed by atoms with Gasteiger partial charge in [0, 0.05) is 6.42 Å². The minimum Gasteiger partial charge on any atom is -0.389 e. The predicted octanol–water partition coefficient (Wildman–Crippen LogP) is 2.74. The van der Waals surface area contributed by atoms with E-state index in [0.29, 0.717) is 12.8 Å². The normalized spacial score (nSPS) is 14.4. The molecule has 1 atom stereocenters. The summed E-state index contributed by atoms with van der Waals surface area (Å²) in [6.07, 6.45) is 2.35. The molecule has 1 rings (SSSR count). The topological polar surface area (TPSA) is 37.3 Å². The van der Waals surface area contributed by atoms with E-state index in [2.05, 4.69) is 0 Å². The molecule has 88 valence electrons. The van der Waals surface area contributed by atoms with Crippen molar-refractivity contribution in [1.82, 2.24) is 0 Å². The summed E-state index contributed by atoms with van der Waals surface area (Å²) < 4.78 is 0. The second-order valence-electron chi connectivity index (χ2n) is 4.44. The fourth-order valence-corrected chi connectivity index (χ4v) is 1.88. The first-order valence-corrected chi connectivity index (χ1v) is 5.81. The maximum Gasteiger partial charge on any atom is 0.132 e. The van der Waals surface area contributed by atoms with E-state index in [1.807, 2.05) is 37.3 Å². The minimum absolute atomic E-state index is 0.0532. The summed E-state index contributed by atoms with van der Waals surface area (Å²) in [6.45, 7) is 3.46. The van der Waals surface area contributed by atoms with Crippen LogP contribution in [0.25, 0.3) is 0 Å². The molecule has 0 amide bonds. The summed E-state index contributed by atoms with van der Waals surface area (Å²) >= 11 is 0. The van der Waals surface area contributed by atoms with E-state index in [9.17, 15) is 9.90 Å². The molecule has 0 bridgehead atoms. The van der Waals surface area contributed by atoms with Gasteiger partial charge in [-0.05, 0) is 31.7 Å². The summed E-state index contributed by atoms with van der Waals surface area (Å²) in [5, 5.41) is 10.2. The van der Waals surface area contributed by atoms with Crippen molar-refractivity contribution in [3.05, 3.63) is 35.9 Å². The fraction of sp³-hybridized carbons (Fsp3) is 0.500. The standard InChI is InChI=1S/C14H20O2/c1-3-14(16,11-12(2)15)10-9-13-7-5-4-6-8-13/h4-8,16H,3,9-11H2,1-2H3. The van der Waals surface area contributed by atoms with Crippen LogP contribution in [0.4, 0.5) is 0 Å². The van der Waals surface area contributed by atoms with Gasteiger partial charge in [0.1, 0.15) is 5.78 Å². The molecule has 0 radical (unpaired) electrons. The van der Waals surface area contributed by atoms with Crippen LogP contribution in [0.5, 0.6) is 0 Å². The number of hydrogen-bond acceptors (Lipinski definition) is 2. The lowest BCUT2D eigenvalue weighted by Crippen LogP contribution is -2.30. The molecule has 0 heterocycles. The van der Waals surface area contributed by atoms with Crippen LogP contribution in [-0.4, -0.2) is 16.5 Å². The Labute approximate surface area is 97.3 Å². The second-order valence-corrected chi connectivity index (χ2v) is 4.44. The summed E-state index contributed by atoms with van der Waals surface area (Å²) in [5.41, 5.74) is 0.375. The van der Waals surface area contributed by atoms with Crippen LogP contribution >= 0.6 is 0 Å². The van der Waals surface area contributed by atoms with Crippen LogP contribution < -0.4 is 0 Å².